The van der Waals surface area contributed by atoms with E-state index in [-0.39, 0.29) is 21.1 Å². The minimum atomic E-state index is 0. The van der Waals surface area contributed by atoms with Crippen molar-refractivity contribution in [2.24, 2.45) is 0 Å². The fourth-order valence-electron chi connectivity index (χ4n) is 6.44. The van der Waals surface area contributed by atoms with Crippen LogP contribution in [0.3, 0.4) is 0 Å². The number of pyridine rings is 2. The average Bonchev–Trinajstić information content (AvgIpc) is 3.46. The molecule has 0 aliphatic heterocycles. The van der Waals surface area contributed by atoms with Crippen LogP contribution in [0.4, 0.5) is 0 Å². The Morgan fingerprint density at radius 2 is 0.878 bits per heavy atom. The molecule has 4 nitrogen and oxygen atoms in total. The second-order valence-corrected chi connectivity index (χ2v) is 11.5. The molecule has 0 saturated heterocycles. The number of benzene rings is 4. The molecule has 0 aliphatic carbocycles. The smallest absolute Gasteiger partial charge is 0.257 e. The van der Waals surface area contributed by atoms with Gasteiger partial charge in [-0.25, -0.2) is 0 Å². The first-order valence-corrected chi connectivity index (χ1v) is 13.8. The molecule has 202 valence electrons. The molecule has 0 radical (unpaired) electrons. The summed E-state index contributed by atoms with van der Waals surface area (Å²) < 4.78 is 4.14. The van der Waals surface area contributed by atoms with Crippen molar-refractivity contribution in [1.29, 1.82) is 0 Å². The molecule has 4 aromatic heterocycles. The molecule has 4 aromatic carbocycles. The topological polar surface area (TPSA) is 34.6 Å². The van der Waals surface area contributed by atoms with Crippen LogP contribution in [-0.4, -0.2) is 19.2 Å². The van der Waals surface area contributed by atoms with Gasteiger partial charge in [0, 0.05) is 21.9 Å². The van der Waals surface area contributed by atoms with Crippen LogP contribution in [0.15, 0.2) is 60.7 Å². The Morgan fingerprint density at radius 1 is 0.488 bits per heavy atom. The molecule has 4 heterocycles. The largest absolute Gasteiger partial charge is 2.00 e. The summed E-state index contributed by atoms with van der Waals surface area (Å²) in [6.07, 6.45) is 0. The average molecular weight is 712 g/mol. The SMILES string of the molecule is Cc1c[c-]c2c(c1)c(C)cc1c3cc(C)cc(-c4cc(C)cc5c4nn4c6[c-]cc(C)cc6c(C)cc54)c3nn21.[Pt+2]. The summed E-state index contributed by atoms with van der Waals surface area (Å²) in [5.74, 6) is 0. The van der Waals surface area contributed by atoms with Crippen molar-refractivity contribution in [3.63, 3.8) is 0 Å². The van der Waals surface area contributed by atoms with Crippen molar-refractivity contribution in [3.05, 3.63) is 106 Å². The van der Waals surface area contributed by atoms with E-state index in [0.29, 0.717) is 0 Å². The molecule has 8 rings (SSSR count). The molecule has 0 unspecified atom stereocenters. The number of hydrogen-bond donors (Lipinski definition) is 0. The minimum Gasteiger partial charge on any atom is -0.257 e. The predicted octanol–water partition coefficient (Wildman–Crippen LogP) is 8.71. The van der Waals surface area contributed by atoms with Crippen LogP contribution in [0.1, 0.15) is 33.4 Å². The Labute approximate surface area is 252 Å². The first-order chi connectivity index (χ1) is 19.3. The van der Waals surface area contributed by atoms with E-state index in [2.05, 4.69) is 111 Å². The third-order valence-corrected chi connectivity index (χ3v) is 8.31. The molecule has 0 saturated carbocycles. The monoisotopic (exact) mass is 711 g/mol. The van der Waals surface area contributed by atoms with Crippen LogP contribution >= 0.6 is 0 Å². The van der Waals surface area contributed by atoms with E-state index in [4.69, 9.17) is 10.2 Å². The molecular formula is C36H28N4Pt. The maximum absolute atomic E-state index is 5.24. The van der Waals surface area contributed by atoms with Gasteiger partial charge >= 0.3 is 21.1 Å². The summed E-state index contributed by atoms with van der Waals surface area (Å²) in [6.45, 7) is 12.9. The molecule has 0 bridgehead atoms. The van der Waals surface area contributed by atoms with Gasteiger partial charge in [0.05, 0.1) is 11.0 Å². The Hall–Kier alpha value is -4.01. The van der Waals surface area contributed by atoms with Crippen LogP contribution in [-0.2, 0) is 21.1 Å². The van der Waals surface area contributed by atoms with E-state index in [1.54, 1.807) is 0 Å². The molecule has 5 heteroatoms. The summed E-state index contributed by atoms with van der Waals surface area (Å²) in [7, 11) is 0. The van der Waals surface area contributed by atoms with E-state index < -0.39 is 0 Å². The molecule has 0 fully saturated rings. The second-order valence-electron chi connectivity index (χ2n) is 11.5. The van der Waals surface area contributed by atoms with Crippen molar-refractivity contribution in [3.8, 4) is 11.1 Å². The number of rotatable bonds is 1. The van der Waals surface area contributed by atoms with Gasteiger partial charge in [0.1, 0.15) is 11.0 Å². The summed E-state index contributed by atoms with van der Waals surface area (Å²) in [5, 5.41) is 15.2. The van der Waals surface area contributed by atoms with E-state index in [1.165, 1.54) is 44.2 Å². The Morgan fingerprint density at radius 3 is 1.29 bits per heavy atom. The fourth-order valence-corrected chi connectivity index (χ4v) is 6.44. The van der Waals surface area contributed by atoms with Gasteiger partial charge in [-0.05, 0) is 72.4 Å². The molecule has 0 N–H and O–H groups in total. The van der Waals surface area contributed by atoms with Crippen molar-refractivity contribution in [2.45, 2.75) is 41.5 Å². The third kappa shape index (κ3) is 3.70. The molecule has 0 spiro atoms. The summed E-state index contributed by atoms with van der Waals surface area (Å²) in [5.41, 5.74) is 15.7. The number of hydrogen-bond acceptors (Lipinski definition) is 2. The van der Waals surface area contributed by atoms with Gasteiger partial charge in [0.2, 0.25) is 0 Å². The fraction of sp³-hybridized carbons (Fsp3) is 0.167. The van der Waals surface area contributed by atoms with Crippen LogP contribution in [0.2, 0.25) is 0 Å². The molecule has 8 aromatic rings. The molecule has 0 aliphatic rings. The van der Waals surface area contributed by atoms with Crippen LogP contribution in [0.25, 0.3) is 65.8 Å². The van der Waals surface area contributed by atoms with Crippen molar-refractivity contribution >= 4 is 54.6 Å². The van der Waals surface area contributed by atoms with Crippen molar-refractivity contribution < 1.29 is 21.1 Å². The predicted molar refractivity (Wildman–Crippen MR) is 165 cm³/mol. The number of aromatic nitrogens is 4. The number of aryl methyl sites for hydroxylation is 6. The minimum absolute atomic E-state index is 0. The van der Waals surface area contributed by atoms with Crippen LogP contribution < -0.4 is 0 Å². The molecule has 41 heavy (non-hydrogen) atoms. The summed E-state index contributed by atoms with van der Waals surface area (Å²) in [6, 6.07) is 29.1. The van der Waals surface area contributed by atoms with Gasteiger partial charge in [-0.15, -0.1) is 10.8 Å². The Bertz CT molecular complexity index is 2220. The second kappa shape index (κ2) is 8.99. The van der Waals surface area contributed by atoms with Gasteiger partial charge in [0.25, 0.3) is 0 Å². The number of nitrogens with zero attached hydrogens (tertiary/aromatic N) is 4. The normalized spacial score (nSPS) is 12.0. The first kappa shape index (κ1) is 25.9. The first-order valence-electron chi connectivity index (χ1n) is 13.8. The van der Waals surface area contributed by atoms with Crippen molar-refractivity contribution in [2.75, 3.05) is 0 Å². The van der Waals surface area contributed by atoms with Gasteiger partial charge in [-0.1, -0.05) is 38.8 Å². The summed E-state index contributed by atoms with van der Waals surface area (Å²) in [4.78, 5) is 0. The maximum Gasteiger partial charge on any atom is 2.00 e. The van der Waals surface area contributed by atoms with Gasteiger partial charge in [-0.3, -0.25) is 9.03 Å². The van der Waals surface area contributed by atoms with E-state index in [1.807, 2.05) is 12.1 Å². The summed E-state index contributed by atoms with van der Waals surface area (Å²) >= 11 is 0. The van der Waals surface area contributed by atoms with Crippen LogP contribution in [0, 0.1) is 53.7 Å². The van der Waals surface area contributed by atoms with E-state index in [9.17, 15) is 0 Å². The quantitative estimate of drug-likeness (QED) is 0.160. The van der Waals surface area contributed by atoms with Crippen LogP contribution in [0.5, 0.6) is 0 Å². The standard InChI is InChI=1S/C36H28N4.Pt/c1-19-7-9-31-25(11-19)23(5)17-33-29-15-21(3)13-27(35(29)37-39(31)33)28-14-22(4)16-30-34-18-24(6)26-12-20(2)8-10-32(26)40(34)38-36(28)30;/h7-8,11-18H,1-6H3;/q-2;+2. The zero-order valence-corrected chi connectivity index (χ0v) is 26.2. The zero-order valence-electron chi connectivity index (χ0n) is 23.9. The Balaban J connectivity index is 0.00000276. The van der Waals surface area contributed by atoms with Gasteiger partial charge in [0.15, 0.2) is 0 Å². The van der Waals surface area contributed by atoms with Gasteiger partial charge in [-0.2, -0.15) is 57.7 Å². The number of fused-ring (bicyclic) bond motifs is 10. The Kier molecular flexibility index (Phi) is 5.69. The molecular weight excluding hydrogens is 684 g/mol. The van der Waals surface area contributed by atoms with Crippen molar-refractivity contribution in [1.82, 2.24) is 19.2 Å². The van der Waals surface area contributed by atoms with E-state index in [0.717, 1.165) is 55.0 Å². The zero-order chi connectivity index (χ0) is 27.4. The third-order valence-electron chi connectivity index (χ3n) is 8.31. The van der Waals surface area contributed by atoms with Gasteiger partial charge < -0.3 is 0 Å². The molecule has 0 atom stereocenters. The van der Waals surface area contributed by atoms with E-state index >= 15 is 0 Å². The molecule has 0 amide bonds. The maximum atomic E-state index is 5.24.